The van der Waals surface area contributed by atoms with Crippen LogP contribution in [0.25, 0.3) is 0 Å². The van der Waals surface area contributed by atoms with Crippen LogP contribution in [-0.4, -0.2) is 28.3 Å². The van der Waals surface area contributed by atoms with Crippen molar-refractivity contribution in [3.8, 4) is 5.75 Å². The van der Waals surface area contributed by atoms with E-state index in [0.29, 0.717) is 24.4 Å². The van der Waals surface area contributed by atoms with Crippen molar-refractivity contribution in [2.45, 2.75) is 26.4 Å². The molecule has 1 N–H and O–H groups in total. The van der Waals surface area contributed by atoms with Gasteiger partial charge in [-0.25, -0.2) is 4.39 Å². The van der Waals surface area contributed by atoms with Gasteiger partial charge in [0, 0.05) is 18.8 Å². The molecule has 1 atom stereocenters. The lowest BCUT2D eigenvalue weighted by molar-refractivity contribution is 0.0920. The highest BCUT2D eigenvalue weighted by Gasteiger charge is 2.14. The highest BCUT2D eigenvalue weighted by molar-refractivity contribution is 5.92. The quantitative estimate of drug-likeness (QED) is 0.892. The molecule has 0 aliphatic rings. The number of nitrogens with one attached hydrogen (secondary N) is 1. The average Bonchev–Trinajstić information content (AvgIpc) is 2.83. The number of halogens is 1. The van der Waals surface area contributed by atoms with E-state index < -0.39 is 0 Å². The van der Waals surface area contributed by atoms with Crippen LogP contribution in [-0.2, 0) is 7.05 Å². The fraction of sp³-hybridized carbons (Fsp3) is 0.375. The number of carbonyl (C=O) groups is 1. The van der Waals surface area contributed by atoms with Gasteiger partial charge in [0.1, 0.15) is 23.4 Å². The second-order valence-electron chi connectivity index (χ2n) is 5.11. The van der Waals surface area contributed by atoms with E-state index in [1.807, 2.05) is 13.8 Å². The molecule has 0 aliphatic heterocycles. The summed E-state index contributed by atoms with van der Waals surface area (Å²) >= 11 is 0. The third-order valence-electron chi connectivity index (χ3n) is 3.39. The lowest BCUT2D eigenvalue weighted by Gasteiger charge is -2.18. The minimum absolute atomic E-state index is 0.226. The van der Waals surface area contributed by atoms with Crippen molar-refractivity contribution in [3.05, 3.63) is 47.5 Å². The first kappa shape index (κ1) is 16.0. The molecule has 1 amide bonds. The van der Waals surface area contributed by atoms with E-state index in [9.17, 15) is 9.18 Å². The van der Waals surface area contributed by atoms with E-state index in [2.05, 4.69) is 10.4 Å². The second kappa shape index (κ2) is 7.06. The van der Waals surface area contributed by atoms with Gasteiger partial charge in [0.25, 0.3) is 5.91 Å². The van der Waals surface area contributed by atoms with Crippen LogP contribution in [0.2, 0.25) is 0 Å². The Morgan fingerprint density at radius 1 is 1.45 bits per heavy atom. The van der Waals surface area contributed by atoms with Gasteiger partial charge in [0.15, 0.2) is 0 Å². The van der Waals surface area contributed by atoms with Crippen LogP contribution in [0.4, 0.5) is 4.39 Å². The van der Waals surface area contributed by atoms with Crippen LogP contribution in [0.3, 0.4) is 0 Å². The maximum absolute atomic E-state index is 13.1. The zero-order valence-electron chi connectivity index (χ0n) is 13.0. The Morgan fingerprint density at radius 3 is 2.82 bits per heavy atom. The van der Waals surface area contributed by atoms with E-state index in [-0.39, 0.29) is 17.8 Å². The smallest absolute Gasteiger partial charge is 0.271 e. The zero-order valence-corrected chi connectivity index (χ0v) is 13.0. The number of carbonyl (C=O) groups excluding carboxylic acids is 1. The molecule has 22 heavy (non-hydrogen) atoms. The molecule has 5 nitrogen and oxygen atoms in total. The van der Waals surface area contributed by atoms with Gasteiger partial charge < -0.3 is 10.1 Å². The topological polar surface area (TPSA) is 56.2 Å². The zero-order chi connectivity index (χ0) is 16.1. The summed E-state index contributed by atoms with van der Waals surface area (Å²) < 4.78 is 20.5. The number of amides is 1. The van der Waals surface area contributed by atoms with Crippen LogP contribution in [0.5, 0.6) is 5.75 Å². The maximum Gasteiger partial charge on any atom is 0.271 e. The van der Waals surface area contributed by atoms with Crippen LogP contribution < -0.4 is 10.1 Å². The SMILES string of the molecule is CC[C@@H](CNC(=O)c1cc(C)n(C)n1)Oc1cccc(F)c1. The predicted molar refractivity (Wildman–Crippen MR) is 81.4 cm³/mol. The van der Waals surface area contributed by atoms with E-state index >= 15 is 0 Å². The first-order valence-electron chi connectivity index (χ1n) is 7.20. The molecule has 0 saturated heterocycles. The summed E-state index contributed by atoms with van der Waals surface area (Å²) in [5, 5.41) is 6.92. The molecule has 1 aromatic heterocycles. The van der Waals surface area contributed by atoms with Gasteiger partial charge in [-0.05, 0) is 31.5 Å². The average molecular weight is 305 g/mol. The number of aromatic nitrogens is 2. The minimum Gasteiger partial charge on any atom is -0.489 e. The van der Waals surface area contributed by atoms with Crippen molar-refractivity contribution in [3.63, 3.8) is 0 Å². The minimum atomic E-state index is -0.347. The van der Waals surface area contributed by atoms with Gasteiger partial charge in [0.05, 0.1) is 6.54 Å². The first-order chi connectivity index (χ1) is 10.5. The van der Waals surface area contributed by atoms with Gasteiger partial charge in [-0.2, -0.15) is 5.10 Å². The number of hydrogen-bond donors (Lipinski definition) is 1. The second-order valence-corrected chi connectivity index (χ2v) is 5.11. The molecule has 1 aromatic carbocycles. The molecule has 0 spiro atoms. The summed E-state index contributed by atoms with van der Waals surface area (Å²) in [7, 11) is 1.79. The third-order valence-corrected chi connectivity index (χ3v) is 3.39. The van der Waals surface area contributed by atoms with E-state index in [4.69, 9.17) is 4.74 Å². The number of rotatable bonds is 6. The summed E-state index contributed by atoms with van der Waals surface area (Å²) in [6.45, 7) is 4.16. The molecule has 0 radical (unpaired) electrons. The fourth-order valence-corrected chi connectivity index (χ4v) is 1.97. The van der Waals surface area contributed by atoms with Crippen molar-refractivity contribution in [2.75, 3.05) is 6.54 Å². The summed E-state index contributed by atoms with van der Waals surface area (Å²) in [6, 6.07) is 7.69. The van der Waals surface area contributed by atoms with Crippen LogP contribution in [0.15, 0.2) is 30.3 Å². The Morgan fingerprint density at radius 2 is 2.23 bits per heavy atom. The highest BCUT2D eigenvalue weighted by Crippen LogP contribution is 2.14. The highest BCUT2D eigenvalue weighted by atomic mass is 19.1. The molecule has 0 aliphatic carbocycles. The molecule has 0 bridgehead atoms. The summed E-state index contributed by atoms with van der Waals surface area (Å²) in [5.74, 6) is -0.139. The van der Waals surface area contributed by atoms with Crippen LogP contribution in [0.1, 0.15) is 29.5 Å². The Labute approximate surface area is 129 Å². The predicted octanol–water partition coefficient (Wildman–Crippen LogP) is 2.46. The van der Waals surface area contributed by atoms with Crippen LogP contribution in [0, 0.1) is 12.7 Å². The number of hydrogen-bond acceptors (Lipinski definition) is 3. The standard InChI is InChI=1S/C16H20FN3O2/c1-4-13(22-14-7-5-6-12(17)9-14)10-18-16(21)15-8-11(2)20(3)19-15/h5-9,13H,4,10H2,1-3H3,(H,18,21)/t13-/m0/s1. The van der Waals surface area contributed by atoms with Gasteiger partial charge in [-0.3, -0.25) is 9.48 Å². The first-order valence-corrected chi connectivity index (χ1v) is 7.20. The van der Waals surface area contributed by atoms with Crippen molar-refractivity contribution >= 4 is 5.91 Å². The van der Waals surface area contributed by atoms with Crippen molar-refractivity contribution in [1.29, 1.82) is 0 Å². The van der Waals surface area contributed by atoms with E-state index in [0.717, 1.165) is 5.69 Å². The van der Waals surface area contributed by atoms with Crippen molar-refractivity contribution in [1.82, 2.24) is 15.1 Å². The molecule has 0 fully saturated rings. The summed E-state index contributed by atoms with van der Waals surface area (Å²) in [6.07, 6.45) is 0.466. The Kier molecular flexibility index (Phi) is 5.14. The van der Waals surface area contributed by atoms with Gasteiger partial charge in [-0.15, -0.1) is 0 Å². The summed E-state index contributed by atoms with van der Waals surface area (Å²) in [5.41, 5.74) is 1.29. The van der Waals surface area contributed by atoms with Gasteiger partial charge in [0.2, 0.25) is 0 Å². The molecule has 2 aromatic rings. The summed E-state index contributed by atoms with van der Waals surface area (Å²) in [4.78, 5) is 12.0. The molecular formula is C16H20FN3O2. The number of nitrogens with zero attached hydrogens (tertiary/aromatic N) is 2. The molecular weight excluding hydrogens is 285 g/mol. The van der Waals surface area contributed by atoms with Crippen LogP contribution >= 0.6 is 0 Å². The van der Waals surface area contributed by atoms with Gasteiger partial charge in [-0.1, -0.05) is 13.0 Å². The molecule has 6 heteroatoms. The Hall–Kier alpha value is -2.37. The molecule has 0 saturated carbocycles. The Balaban J connectivity index is 1.92. The monoisotopic (exact) mass is 305 g/mol. The van der Waals surface area contributed by atoms with Crippen molar-refractivity contribution in [2.24, 2.45) is 7.05 Å². The molecule has 0 unspecified atom stereocenters. The molecule has 118 valence electrons. The number of aryl methyl sites for hydroxylation is 2. The fourth-order valence-electron chi connectivity index (χ4n) is 1.97. The van der Waals surface area contributed by atoms with Crippen molar-refractivity contribution < 1.29 is 13.9 Å². The Bertz CT molecular complexity index is 635. The molecule has 2 rings (SSSR count). The van der Waals surface area contributed by atoms with E-state index in [1.165, 1.54) is 12.1 Å². The van der Waals surface area contributed by atoms with E-state index in [1.54, 1.807) is 29.9 Å². The largest absolute Gasteiger partial charge is 0.489 e. The normalized spacial score (nSPS) is 12.0. The molecule has 1 heterocycles. The lowest BCUT2D eigenvalue weighted by atomic mass is 10.2. The number of ether oxygens (including phenoxy) is 1. The lowest BCUT2D eigenvalue weighted by Crippen LogP contribution is -2.35. The number of benzene rings is 1. The van der Waals surface area contributed by atoms with Gasteiger partial charge >= 0.3 is 0 Å². The maximum atomic E-state index is 13.1. The third kappa shape index (κ3) is 4.07.